The van der Waals surface area contributed by atoms with E-state index in [4.69, 9.17) is 18.9 Å². The lowest BCUT2D eigenvalue weighted by molar-refractivity contribution is 0.00578. The van der Waals surface area contributed by atoms with Crippen molar-refractivity contribution in [3.63, 3.8) is 0 Å². The Morgan fingerprint density at radius 2 is 1.94 bits per heavy atom. The maximum Gasteiger partial charge on any atom is 0.496 e. The minimum Gasteiger partial charge on any atom is -0.399 e. The summed E-state index contributed by atoms with van der Waals surface area (Å²) in [7, 11) is -0.799. The van der Waals surface area contributed by atoms with Gasteiger partial charge in [-0.1, -0.05) is 19.3 Å². The fourth-order valence-corrected chi connectivity index (χ4v) is 1.71. The van der Waals surface area contributed by atoms with Crippen LogP contribution < -0.4 is 5.46 Å². The van der Waals surface area contributed by atoms with E-state index in [0.29, 0.717) is 5.46 Å². The molecule has 1 saturated heterocycles. The van der Waals surface area contributed by atoms with Crippen LogP contribution >= 0.6 is 0 Å². The van der Waals surface area contributed by atoms with Crippen molar-refractivity contribution in [2.24, 2.45) is 0 Å². The molecule has 1 aliphatic heterocycles. The molecule has 0 unspecified atom stereocenters. The summed E-state index contributed by atoms with van der Waals surface area (Å²) in [4.78, 5) is 3.94. The highest BCUT2D eigenvalue weighted by molar-refractivity contribution is 6.62. The highest BCUT2D eigenvalue weighted by Crippen LogP contribution is 2.36. The SMILES string of the molecule is [2H]C([2H])([2H])C([2H])([2H])C([2H])([2H])c1cncc(B2OC(C)(C)C(C)(C)O2)c1. The van der Waals surface area contributed by atoms with Crippen molar-refractivity contribution in [2.75, 3.05) is 0 Å². The number of pyridine rings is 1. The van der Waals surface area contributed by atoms with Crippen LogP contribution in [0.3, 0.4) is 0 Å². The third-order valence-electron chi connectivity index (χ3n) is 3.49. The van der Waals surface area contributed by atoms with E-state index in [1.54, 1.807) is 0 Å². The molecule has 0 bridgehead atoms. The third kappa shape index (κ3) is 2.45. The minimum atomic E-state index is -3.13. The maximum atomic E-state index is 8.06. The van der Waals surface area contributed by atoms with Crippen LogP contribution in [0.1, 0.15) is 56.1 Å². The van der Waals surface area contributed by atoms with E-state index in [9.17, 15) is 0 Å². The second-order valence-corrected chi connectivity index (χ2v) is 5.35. The van der Waals surface area contributed by atoms with Crippen molar-refractivity contribution in [1.82, 2.24) is 4.98 Å². The smallest absolute Gasteiger partial charge is 0.399 e. The average Bonchev–Trinajstić information content (AvgIpc) is 2.66. The quantitative estimate of drug-likeness (QED) is 0.776. The van der Waals surface area contributed by atoms with E-state index in [0.717, 1.165) is 6.20 Å². The summed E-state index contributed by atoms with van der Waals surface area (Å²) in [5.74, 6) is 0. The summed E-state index contributed by atoms with van der Waals surface area (Å²) >= 11 is 0. The highest BCUT2D eigenvalue weighted by atomic mass is 16.7. The summed E-state index contributed by atoms with van der Waals surface area (Å²) < 4.78 is 65.3. The molecule has 0 aromatic carbocycles. The molecule has 0 spiro atoms. The Hall–Kier alpha value is -0.865. The number of rotatable bonds is 3. The Morgan fingerprint density at radius 3 is 2.56 bits per heavy atom. The fraction of sp³-hybridized carbons (Fsp3) is 0.643. The number of nitrogens with zero attached hydrogens (tertiary/aromatic N) is 1. The summed E-state index contributed by atoms with van der Waals surface area (Å²) in [5, 5.41) is 0. The Balaban J connectivity index is 2.41. The predicted molar refractivity (Wildman–Crippen MR) is 73.9 cm³/mol. The van der Waals surface area contributed by atoms with E-state index >= 15 is 0 Å². The molecule has 0 N–H and O–H groups in total. The molecule has 1 aliphatic rings. The van der Waals surface area contributed by atoms with Crippen LogP contribution in [-0.2, 0) is 15.7 Å². The van der Waals surface area contributed by atoms with E-state index in [1.807, 2.05) is 27.7 Å². The first kappa shape index (κ1) is 7.06. The second kappa shape index (κ2) is 4.67. The molecule has 2 rings (SSSR count). The fourth-order valence-electron chi connectivity index (χ4n) is 1.71. The molecule has 1 aromatic rings. The minimum absolute atomic E-state index is 0.180. The molecule has 3 nitrogen and oxygen atoms in total. The molecule has 0 amide bonds. The number of hydrogen-bond donors (Lipinski definition) is 0. The van der Waals surface area contributed by atoms with Crippen molar-refractivity contribution < 1.29 is 18.9 Å². The third-order valence-corrected chi connectivity index (χ3v) is 3.49. The molecule has 1 fully saturated rings. The zero-order chi connectivity index (χ0) is 19.5. The normalized spacial score (nSPS) is 29.3. The van der Waals surface area contributed by atoms with Crippen LogP contribution in [0, 0.1) is 0 Å². The van der Waals surface area contributed by atoms with Crippen LogP contribution in [0.15, 0.2) is 18.5 Å². The number of hydrogen-bond acceptors (Lipinski definition) is 3. The monoisotopic (exact) mass is 254 g/mol. The Kier molecular flexibility index (Phi) is 1.83. The number of aromatic nitrogens is 1. The zero-order valence-corrected chi connectivity index (χ0v) is 11.1. The van der Waals surface area contributed by atoms with Gasteiger partial charge in [0.1, 0.15) is 0 Å². The van der Waals surface area contributed by atoms with Gasteiger partial charge in [0.2, 0.25) is 0 Å². The molecule has 98 valence electrons. The first-order chi connectivity index (χ1) is 11.0. The Labute approximate surface area is 120 Å². The van der Waals surface area contributed by atoms with Crippen molar-refractivity contribution in [2.45, 2.75) is 58.5 Å². The largest absolute Gasteiger partial charge is 0.496 e. The van der Waals surface area contributed by atoms with Gasteiger partial charge >= 0.3 is 7.12 Å². The summed E-state index contributed by atoms with van der Waals surface area (Å²) in [6.45, 7) is 4.36. The van der Waals surface area contributed by atoms with Gasteiger partial charge in [-0.25, -0.2) is 0 Å². The van der Waals surface area contributed by atoms with Crippen molar-refractivity contribution >= 4 is 12.6 Å². The molecule has 0 radical (unpaired) electrons. The standard InChI is InChI=1S/C14H22BNO2/c1-6-7-11-8-12(10-16-9-11)15-17-13(2,3)14(4,5)18-15/h8-10H,6-7H2,1-5H3/i1D3,6D2,7D2. The van der Waals surface area contributed by atoms with Gasteiger partial charge in [0.05, 0.1) is 11.2 Å². The summed E-state index contributed by atoms with van der Waals surface area (Å²) in [6.07, 6.45) is -3.30. The van der Waals surface area contributed by atoms with Crippen LogP contribution in [0.2, 0.25) is 0 Å². The lowest BCUT2D eigenvalue weighted by atomic mass is 9.79. The van der Waals surface area contributed by atoms with Gasteiger partial charge in [-0.2, -0.15) is 0 Å². The van der Waals surface area contributed by atoms with Crippen molar-refractivity contribution in [1.29, 1.82) is 0 Å². The van der Waals surface area contributed by atoms with E-state index in [2.05, 4.69) is 4.98 Å². The first-order valence-electron chi connectivity index (χ1n) is 9.34. The van der Waals surface area contributed by atoms with Gasteiger partial charge in [0, 0.05) is 27.5 Å². The molecule has 18 heavy (non-hydrogen) atoms. The Morgan fingerprint density at radius 1 is 1.28 bits per heavy atom. The lowest BCUT2D eigenvalue weighted by Crippen LogP contribution is -2.41. The summed E-state index contributed by atoms with van der Waals surface area (Å²) in [6, 6.07) is 1.35. The molecule has 1 aromatic heterocycles. The van der Waals surface area contributed by atoms with Gasteiger partial charge in [-0.15, -0.1) is 0 Å². The zero-order valence-electron chi connectivity index (χ0n) is 18.1. The molecule has 2 heterocycles. The summed E-state index contributed by atoms with van der Waals surface area (Å²) in [5.41, 5.74) is -0.970. The molecular weight excluding hydrogens is 225 g/mol. The van der Waals surface area contributed by atoms with E-state index < -0.39 is 37.9 Å². The van der Waals surface area contributed by atoms with Gasteiger partial charge in [0.15, 0.2) is 0 Å². The number of aryl methyl sites for hydroxylation is 1. The van der Waals surface area contributed by atoms with Gasteiger partial charge in [-0.05, 0) is 39.6 Å². The van der Waals surface area contributed by atoms with Crippen molar-refractivity contribution in [3.05, 3.63) is 24.0 Å². The van der Waals surface area contributed by atoms with Crippen LogP contribution in [0.25, 0.3) is 0 Å². The second-order valence-electron chi connectivity index (χ2n) is 5.35. The van der Waals surface area contributed by atoms with E-state index in [-0.39, 0.29) is 5.56 Å². The van der Waals surface area contributed by atoms with Crippen LogP contribution in [-0.4, -0.2) is 23.3 Å². The Bertz CT molecular complexity index is 645. The molecule has 4 heteroatoms. The topological polar surface area (TPSA) is 31.4 Å². The van der Waals surface area contributed by atoms with Crippen LogP contribution in [0.4, 0.5) is 0 Å². The molecular formula is C14H22BNO2. The maximum absolute atomic E-state index is 8.06. The van der Waals surface area contributed by atoms with Crippen LogP contribution in [0.5, 0.6) is 0 Å². The predicted octanol–water partition coefficient (Wildman–Crippen LogP) is 2.33. The van der Waals surface area contributed by atoms with Crippen molar-refractivity contribution in [3.8, 4) is 0 Å². The first-order valence-corrected chi connectivity index (χ1v) is 5.84. The lowest BCUT2D eigenvalue weighted by Gasteiger charge is -2.32. The van der Waals surface area contributed by atoms with Gasteiger partial charge < -0.3 is 9.31 Å². The molecule has 0 aliphatic carbocycles. The van der Waals surface area contributed by atoms with Gasteiger partial charge in [0.25, 0.3) is 0 Å². The van der Waals surface area contributed by atoms with Gasteiger partial charge in [-0.3, -0.25) is 4.98 Å². The molecule has 0 saturated carbocycles. The molecule has 0 atom stereocenters. The average molecular weight is 254 g/mol. The van der Waals surface area contributed by atoms with E-state index in [1.165, 1.54) is 12.3 Å². The highest BCUT2D eigenvalue weighted by Gasteiger charge is 2.51.